The maximum atomic E-state index is 13.4. The van der Waals surface area contributed by atoms with Crippen LogP contribution in [0.3, 0.4) is 0 Å². The molecule has 1 aliphatic rings. The Kier molecular flexibility index (Phi) is 2.91. The van der Waals surface area contributed by atoms with Crippen LogP contribution in [0.5, 0.6) is 11.5 Å². The summed E-state index contributed by atoms with van der Waals surface area (Å²) in [4.78, 5) is 12.5. The van der Waals surface area contributed by atoms with Crippen LogP contribution in [0.2, 0.25) is 0 Å². The molecule has 0 bridgehead atoms. The first kappa shape index (κ1) is 13.5. The van der Waals surface area contributed by atoms with Crippen molar-refractivity contribution >= 4 is 22.6 Å². The van der Waals surface area contributed by atoms with Crippen LogP contribution in [-0.4, -0.2) is 10.9 Å². The first-order chi connectivity index (χ1) is 11.1. The van der Waals surface area contributed by atoms with E-state index in [1.165, 1.54) is 18.2 Å². The highest BCUT2D eigenvalue weighted by molar-refractivity contribution is 6.17. The Labute approximate surface area is 131 Å². The predicted molar refractivity (Wildman–Crippen MR) is 84.9 cm³/mol. The molecule has 4 rings (SSSR count). The van der Waals surface area contributed by atoms with Gasteiger partial charge in [-0.15, -0.1) is 0 Å². The van der Waals surface area contributed by atoms with Gasteiger partial charge in [-0.2, -0.15) is 0 Å². The van der Waals surface area contributed by atoms with E-state index < -0.39 is 11.6 Å². The normalized spacial score (nSPS) is 15.0. The summed E-state index contributed by atoms with van der Waals surface area (Å²) >= 11 is 0. The molecule has 0 aromatic heterocycles. The Balaban J connectivity index is 1.81. The monoisotopic (exact) mass is 306 g/mol. The average molecular weight is 306 g/mol. The van der Waals surface area contributed by atoms with Crippen LogP contribution in [-0.2, 0) is 0 Å². The van der Waals surface area contributed by atoms with E-state index in [0.717, 1.165) is 16.8 Å². The van der Waals surface area contributed by atoms with Gasteiger partial charge in [0.15, 0.2) is 17.3 Å². The highest BCUT2D eigenvalue weighted by atomic mass is 19.1. The van der Waals surface area contributed by atoms with E-state index in [2.05, 4.69) is 0 Å². The predicted octanol–water partition coefficient (Wildman–Crippen LogP) is 4.30. The number of halogens is 1. The van der Waals surface area contributed by atoms with Gasteiger partial charge in [0.2, 0.25) is 5.78 Å². The van der Waals surface area contributed by atoms with Gasteiger partial charge in [0.05, 0.1) is 5.56 Å². The van der Waals surface area contributed by atoms with Crippen LogP contribution in [0.25, 0.3) is 16.8 Å². The number of ether oxygens (including phenoxy) is 1. The number of phenolic OH excluding ortho intramolecular Hbond substituents is 1. The number of aromatic hydroxyl groups is 1. The van der Waals surface area contributed by atoms with Gasteiger partial charge in [-0.1, -0.05) is 36.4 Å². The second kappa shape index (κ2) is 4.95. The first-order valence-electron chi connectivity index (χ1n) is 7.08. The van der Waals surface area contributed by atoms with Gasteiger partial charge in [0.25, 0.3) is 0 Å². The maximum absolute atomic E-state index is 13.4. The molecule has 0 radical (unpaired) electrons. The van der Waals surface area contributed by atoms with Gasteiger partial charge in [0, 0.05) is 5.39 Å². The van der Waals surface area contributed by atoms with E-state index in [-0.39, 0.29) is 11.5 Å². The zero-order chi connectivity index (χ0) is 16.0. The molecule has 112 valence electrons. The number of carbonyl (C=O) groups excluding carboxylic acids is 1. The lowest BCUT2D eigenvalue weighted by atomic mass is 10.0. The molecule has 3 aromatic rings. The molecule has 0 aliphatic carbocycles. The van der Waals surface area contributed by atoms with E-state index in [1.807, 2.05) is 30.3 Å². The molecule has 0 saturated carbocycles. The van der Waals surface area contributed by atoms with Crippen molar-refractivity contribution in [1.82, 2.24) is 0 Å². The van der Waals surface area contributed by atoms with E-state index in [4.69, 9.17) is 4.74 Å². The molecule has 0 fully saturated rings. The molecule has 3 nitrogen and oxygen atoms in total. The minimum Gasteiger partial charge on any atom is -0.505 e. The zero-order valence-electron chi connectivity index (χ0n) is 11.9. The zero-order valence-corrected chi connectivity index (χ0v) is 11.9. The first-order valence-corrected chi connectivity index (χ1v) is 7.08. The molecule has 4 heteroatoms. The Hall–Kier alpha value is -3.14. The summed E-state index contributed by atoms with van der Waals surface area (Å²) in [6.07, 6.45) is 1.47. The molecule has 1 aliphatic heterocycles. The molecule has 0 unspecified atom stereocenters. The number of allylic oxidation sites excluding steroid dienone is 1. The van der Waals surface area contributed by atoms with Gasteiger partial charge in [-0.05, 0) is 35.2 Å². The topological polar surface area (TPSA) is 46.5 Å². The third-order valence-corrected chi connectivity index (χ3v) is 3.83. The van der Waals surface area contributed by atoms with Crippen molar-refractivity contribution in [3.05, 3.63) is 77.3 Å². The SMILES string of the molecule is O=C1/C(=C/c2ccc(O)c(F)c2)Oc2c1ccc1ccccc21. The molecule has 0 saturated heterocycles. The van der Waals surface area contributed by atoms with Crippen LogP contribution in [0.1, 0.15) is 15.9 Å². The third-order valence-electron chi connectivity index (χ3n) is 3.83. The number of ketones is 1. The van der Waals surface area contributed by atoms with Crippen LogP contribution in [0, 0.1) is 5.82 Å². The molecule has 3 aromatic carbocycles. The molecule has 1 N–H and O–H groups in total. The van der Waals surface area contributed by atoms with Crippen LogP contribution in [0.15, 0.2) is 60.4 Å². The fourth-order valence-corrected chi connectivity index (χ4v) is 2.68. The summed E-state index contributed by atoms with van der Waals surface area (Å²) < 4.78 is 19.1. The number of benzene rings is 3. The quantitative estimate of drug-likeness (QED) is 0.682. The summed E-state index contributed by atoms with van der Waals surface area (Å²) in [6, 6.07) is 15.2. The molecule has 1 heterocycles. The van der Waals surface area contributed by atoms with Crippen molar-refractivity contribution in [2.45, 2.75) is 0 Å². The van der Waals surface area contributed by atoms with E-state index in [1.54, 1.807) is 6.07 Å². The van der Waals surface area contributed by atoms with E-state index in [0.29, 0.717) is 16.9 Å². The number of carbonyl (C=O) groups is 1. The lowest BCUT2D eigenvalue weighted by molar-refractivity contribution is 0.101. The Morgan fingerprint density at radius 2 is 1.87 bits per heavy atom. The van der Waals surface area contributed by atoms with Crippen LogP contribution >= 0.6 is 0 Å². The number of fused-ring (bicyclic) bond motifs is 3. The van der Waals surface area contributed by atoms with Gasteiger partial charge in [0.1, 0.15) is 5.75 Å². The van der Waals surface area contributed by atoms with Gasteiger partial charge < -0.3 is 9.84 Å². The van der Waals surface area contributed by atoms with Gasteiger partial charge in [-0.3, -0.25) is 4.79 Å². The molecule has 0 spiro atoms. The molecular weight excluding hydrogens is 295 g/mol. The lowest BCUT2D eigenvalue weighted by Gasteiger charge is -2.03. The lowest BCUT2D eigenvalue weighted by Crippen LogP contribution is -1.98. The summed E-state index contributed by atoms with van der Waals surface area (Å²) in [5, 5.41) is 11.1. The summed E-state index contributed by atoms with van der Waals surface area (Å²) in [5.74, 6) is -0.743. The second-order valence-corrected chi connectivity index (χ2v) is 5.31. The summed E-state index contributed by atoms with van der Waals surface area (Å²) in [6.45, 7) is 0. The van der Waals surface area contributed by atoms with Crippen molar-refractivity contribution in [2.24, 2.45) is 0 Å². The fourth-order valence-electron chi connectivity index (χ4n) is 2.68. The molecule has 0 atom stereocenters. The molecule has 0 amide bonds. The minimum atomic E-state index is -0.743. The van der Waals surface area contributed by atoms with Crippen molar-refractivity contribution < 1.29 is 19.0 Å². The average Bonchev–Trinajstić information content (AvgIpc) is 2.88. The summed E-state index contributed by atoms with van der Waals surface area (Å²) in [7, 11) is 0. The Morgan fingerprint density at radius 1 is 1.04 bits per heavy atom. The van der Waals surface area contributed by atoms with Gasteiger partial charge >= 0.3 is 0 Å². The Morgan fingerprint density at radius 3 is 2.70 bits per heavy atom. The van der Waals surface area contributed by atoms with E-state index >= 15 is 0 Å². The standard InChI is InChI=1S/C19H11FO3/c20-15-9-11(5-8-16(15)21)10-17-18(22)14-7-6-12-3-1-2-4-13(12)19(14)23-17/h1-10,21H/b17-10-. The van der Waals surface area contributed by atoms with Crippen LogP contribution in [0.4, 0.5) is 4.39 Å². The van der Waals surface area contributed by atoms with E-state index in [9.17, 15) is 14.3 Å². The molecule has 23 heavy (non-hydrogen) atoms. The maximum Gasteiger partial charge on any atom is 0.231 e. The van der Waals surface area contributed by atoms with Crippen molar-refractivity contribution in [2.75, 3.05) is 0 Å². The minimum absolute atomic E-state index is 0.140. The van der Waals surface area contributed by atoms with Crippen molar-refractivity contribution in [3.8, 4) is 11.5 Å². The third kappa shape index (κ3) is 2.16. The highest BCUT2D eigenvalue weighted by Gasteiger charge is 2.28. The number of hydrogen-bond acceptors (Lipinski definition) is 3. The van der Waals surface area contributed by atoms with Crippen molar-refractivity contribution in [1.29, 1.82) is 0 Å². The number of phenols is 1. The van der Waals surface area contributed by atoms with Crippen LogP contribution < -0.4 is 4.74 Å². The highest BCUT2D eigenvalue weighted by Crippen LogP contribution is 2.38. The number of hydrogen-bond donors (Lipinski definition) is 1. The number of Topliss-reactive ketones (excluding diaryl/α,β-unsaturated/α-hetero) is 1. The Bertz CT molecular complexity index is 989. The summed E-state index contributed by atoms with van der Waals surface area (Å²) in [5.41, 5.74) is 0.940. The fraction of sp³-hybridized carbons (Fsp3) is 0. The second-order valence-electron chi connectivity index (χ2n) is 5.31. The van der Waals surface area contributed by atoms with Gasteiger partial charge in [-0.25, -0.2) is 4.39 Å². The van der Waals surface area contributed by atoms with Crippen molar-refractivity contribution in [3.63, 3.8) is 0 Å². The smallest absolute Gasteiger partial charge is 0.231 e. The largest absolute Gasteiger partial charge is 0.505 e. The number of rotatable bonds is 1. The molecular formula is C19H11FO3.